The highest BCUT2D eigenvalue weighted by molar-refractivity contribution is 7.99. The van der Waals surface area contributed by atoms with Gasteiger partial charge in [0.15, 0.2) is 5.16 Å². The Morgan fingerprint density at radius 2 is 1.86 bits per heavy atom. The molecular weight excluding hydrogens is 398 g/mol. The molecule has 2 aromatic carbocycles. The van der Waals surface area contributed by atoms with Crippen LogP contribution >= 0.6 is 11.8 Å². The van der Waals surface area contributed by atoms with Gasteiger partial charge in [0.2, 0.25) is 10.0 Å². The van der Waals surface area contributed by atoms with E-state index < -0.39 is 10.0 Å². The molecule has 0 fully saturated rings. The maximum absolute atomic E-state index is 12.7. The van der Waals surface area contributed by atoms with Gasteiger partial charge in [-0.2, -0.15) is 0 Å². The van der Waals surface area contributed by atoms with E-state index in [9.17, 15) is 13.2 Å². The van der Waals surface area contributed by atoms with E-state index in [0.717, 1.165) is 6.42 Å². The largest absolute Gasteiger partial charge is 0.493 e. The minimum atomic E-state index is -3.71. The Hall–Kier alpha value is -2.36. The van der Waals surface area contributed by atoms with Crippen LogP contribution in [0, 0.1) is 0 Å². The summed E-state index contributed by atoms with van der Waals surface area (Å²) in [5, 5.41) is 6.36. The second-order valence-electron chi connectivity index (χ2n) is 6.08. The third-order valence-corrected chi connectivity index (χ3v) is 5.88. The van der Waals surface area contributed by atoms with Crippen molar-refractivity contribution in [2.24, 2.45) is 5.14 Å². The van der Waals surface area contributed by atoms with E-state index in [-0.39, 0.29) is 10.5 Å². The number of thioether (sulfide) groups is 1. The minimum Gasteiger partial charge on any atom is -0.493 e. The third kappa shape index (κ3) is 4.73. The Kier molecular flexibility index (Phi) is 6.38. The first-order valence-electron chi connectivity index (χ1n) is 8.78. The second-order valence-corrected chi connectivity index (χ2v) is 8.71. The first kappa shape index (κ1) is 20.4. The summed E-state index contributed by atoms with van der Waals surface area (Å²) in [4.78, 5) is 17.4. The molecule has 148 valence electrons. The maximum Gasteiger partial charge on any atom is 0.262 e. The van der Waals surface area contributed by atoms with Crippen LogP contribution in [-0.2, 0) is 16.6 Å². The van der Waals surface area contributed by atoms with Crippen LogP contribution < -0.4 is 15.4 Å². The lowest BCUT2D eigenvalue weighted by Crippen LogP contribution is -2.23. The molecule has 0 radical (unpaired) electrons. The van der Waals surface area contributed by atoms with Crippen molar-refractivity contribution < 1.29 is 13.2 Å². The SMILES string of the molecule is CCCn1c(SCCOc2ccc(S(N)(=O)=O)cc2)nc2ccccc2c1=O. The zero-order chi connectivity index (χ0) is 20.1. The molecular formula is C19H21N3O4S2. The number of fused-ring (bicyclic) bond motifs is 1. The van der Waals surface area contributed by atoms with Crippen molar-refractivity contribution in [2.75, 3.05) is 12.4 Å². The highest BCUT2D eigenvalue weighted by Crippen LogP contribution is 2.19. The van der Waals surface area contributed by atoms with Gasteiger partial charge in [-0.1, -0.05) is 30.8 Å². The standard InChI is InChI=1S/C19H21N3O4S2/c1-2-11-22-18(23)16-5-3-4-6-17(16)21-19(22)27-13-12-26-14-7-9-15(10-8-14)28(20,24)25/h3-10H,2,11-13H2,1H3,(H2,20,24,25). The monoisotopic (exact) mass is 419 g/mol. The lowest BCUT2D eigenvalue weighted by Gasteiger charge is -2.12. The summed E-state index contributed by atoms with van der Waals surface area (Å²) < 4.78 is 29.9. The van der Waals surface area contributed by atoms with Crippen molar-refractivity contribution in [1.82, 2.24) is 9.55 Å². The van der Waals surface area contributed by atoms with Crippen LogP contribution in [0.15, 0.2) is 63.4 Å². The number of rotatable bonds is 8. The fourth-order valence-electron chi connectivity index (χ4n) is 2.70. The Bertz CT molecular complexity index is 1130. The molecule has 0 unspecified atom stereocenters. The zero-order valence-electron chi connectivity index (χ0n) is 15.4. The van der Waals surface area contributed by atoms with Gasteiger partial charge in [-0.15, -0.1) is 0 Å². The molecule has 2 N–H and O–H groups in total. The van der Waals surface area contributed by atoms with Crippen LogP contribution in [0.5, 0.6) is 5.75 Å². The molecule has 28 heavy (non-hydrogen) atoms. The molecule has 0 amide bonds. The molecule has 0 aliphatic heterocycles. The Morgan fingerprint density at radius 1 is 1.14 bits per heavy atom. The van der Waals surface area contributed by atoms with Crippen molar-refractivity contribution >= 4 is 32.7 Å². The van der Waals surface area contributed by atoms with E-state index in [4.69, 9.17) is 9.88 Å². The molecule has 0 atom stereocenters. The number of aromatic nitrogens is 2. The van der Waals surface area contributed by atoms with Crippen molar-refractivity contribution in [1.29, 1.82) is 0 Å². The summed E-state index contributed by atoms with van der Waals surface area (Å²) >= 11 is 1.45. The van der Waals surface area contributed by atoms with Gasteiger partial charge in [0.05, 0.1) is 22.4 Å². The molecule has 0 bridgehead atoms. The summed E-state index contributed by atoms with van der Waals surface area (Å²) in [7, 11) is -3.71. The minimum absolute atomic E-state index is 0.0329. The number of primary sulfonamides is 1. The van der Waals surface area contributed by atoms with Gasteiger partial charge in [0, 0.05) is 12.3 Å². The van der Waals surface area contributed by atoms with E-state index >= 15 is 0 Å². The number of benzene rings is 2. The van der Waals surface area contributed by atoms with Crippen LogP contribution in [0.25, 0.3) is 10.9 Å². The highest BCUT2D eigenvalue weighted by Gasteiger charge is 2.11. The molecule has 7 nitrogen and oxygen atoms in total. The van der Waals surface area contributed by atoms with Crippen LogP contribution in [0.3, 0.4) is 0 Å². The average molecular weight is 420 g/mol. The molecule has 0 saturated carbocycles. The molecule has 3 rings (SSSR count). The molecule has 0 aliphatic rings. The van der Waals surface area contributed by atoms with Crippen LogP contribution in [0.2, 0.25) is 0 Å². The lowest BCUT2D eigenvalue weighted by molar-refractivity contribution is 0.343. The predicted octanol–water partition coefficient (Wildman–Crippen LogP) is 2.63. The van der Waals surface area contributed by atoms with Crippen LogP contribution in [-0.4, -0.2) is 30.3 Å². The summed E-state index contributed by atoms with van der Waals surface area (Å²) in [6.45, 7) is 3.01. The Balaban J connectivity index is 1.68. The molecule has 3 aromatic rings. The van der Waals surface area contributed by atoms with E-state index in [1.54, 1.807) is 22.8 Å². The summed E-state index contributed by atoms with van der Waals surface area (Å²) in [5.41, 5.74) is 0.649. The van der Waals surface area contributed by atoms with Gasteiger partial charge in [-0.3, -0.25) is 9.36 Å². The van der Waals surface area contributed by atoms with Gasteiger partial charge >= 0.3 is 0 Å². The first-order valence-corrected chi connectivity index (χ1v) is 11.3. The fraction of sp³-hybridized carbons (Fsp3) is 0.263. The van der Waals surface area contributed by atoms with Gasteiger partial charge < -0.3 is 4.74 Å². The molecule has 0 saturated heterocycles. The fourth-order valence-corrected chi connectivity index (χ4v) is 4.05. The number of sulfonamides is 1. The second kappa shape index (κ2) is 8.76. The van der Waals surface area contributed by atoms with E-state index in [1.807, 2.05) is 25.1 Å². The third-order valence-electron chi connectivity index (χ3n) is 4.01. The number of para-hydroxylation sites is 1. The zero-order valence-corrected chi connectivity index (χ0v) is 17.0. The Labute approximate surface area is 167 Å². The molecule has 0 aliphatic carbocycles. The maximum atomic E-state index is 12.7. The normalized spacial score (nSPS) is 11.6. The van der Waals surface area contributed by atoms with Crippen molar-refractivity contribution in [2.45, 2.75) is 29.9 Å². The quantitative estimate of drug-likeness (QED) is 0.342. The highest BCUT2D eigenvalue weighted by atomic mass is 32.2. The Morgan fingerprint density at radius 3 is 2.54 bits per heavy atom. The van der Waals surface area contributed by atoms with Gasteiger partial charge in [-0.05, 0) is 42.8 Å². The first-order chi connectivity index (χ1) is 13.4. The molecule has 0 spiro atoms. The number of nitrogens with two attached hydrogens (primary N) is 1. The van der Waals surface area contributed by atoms with Crippen molar-refractivity contribution in [3.63, 3.8) is 0 Å². The van der Waals surface area contributed by atoms with Gasteiger partial charge in [0.25, 0.3) is 5.56 Å². The van der Waals surface area contributed by atoms with Gasteiger partial charge in [-0.25, -0.2) is 18.5 Å². The average Bonchev–Trinajstić information content (AvgIpc) is 2.68. The molecule has 1 aromatic heterocycles. The summed E-state index contributed by atoms with van der Waals surface area (Å²) in [6.07, 6.45) is 0.834. The number of hydrogen-bond acceptors (Lipinski definition) is 6. The van der Waals surface area contributed by atoms with Crippen LogP contribution in [0.1, 0.15) is 13.3 Å². The predicted molar refractivity (Wildman–Crippen MR) is 110 cm³/mol. The van der Waals surface area contributed by atoms with Crippen molar-refractivity contribution in [3.8, 4) is 5.75 Å². The number of nitrogens with zero attached hydrogens (tertiary/aromatic N) is 2. The van der Waals surface area contributed by atoms with E-state index in [2.05, 4.69) is 4.98 Å². The van der Waals surface area contributed by atoms with E-state index in [0.29, 0.717) is 40.7 Å². The van der Waals surface area contributed by atoms with Gasteiger partial charge in [0.1, 0.15) is 5.75 Å². The summed E-state index contributed by atoms with van der Waals surface area (Å²) in [5.74, 6) is 1.14. The van der Waals surface area contributed by atoms with E-state index in [1.165, 1.54) is 23.9 Å². The molecule has 1 heterocycles. The number of ether oxygens (including phenoxy) is 1. The van der Waals surface area contributed by atoms with Crippen LogP contribution in [0.4, 0.5) is 0 Å². The number of hydrogen-bond donors (Lipinski definition) is 1. The smallest absolute Gasteiger partial charge is 0.262 e. The lowest BCUT2D eigenvalue weighted by atomic mass is 10.2. The molecule has 9 heteroatoms. The topological polar surface area (TPSA) is 104 Å². The van der Waals surface area contributed by atoms with Crippen molar-refractivity contribution in [3.05, 3.63) is 58.9 Å². The summed E-state index contributed by atoms with van der Waals surface area (Å²) in [6, 6.07) is 13.3.